The smallest absolute Gasteiger partial charge is 0.212 e. The van der Waals surface area contributed by atoms with Gasteiger partial charge in [-0.25, -0.2) is 21.6 Å². The van der Waals surface area contributed by atoms with E-state index in [1.165, 1.54) is 0 Å². The van der Waals surface area contributed by atoms with Gasteiger partial charge in [0.25, 0.3) is 0 Å². The zero-order chi connectivity index (χ0) is 12.9. The lowest BCUT2D eigenvalue weighted by atomic mass is 10.2. The van der Waals surface area contributed by atoms with Crippen LogP contribution in [0.3, 0.4) is 0 Å². The molecule has 1 saturated heterocycles. The van der Waals surface area contributed by atoms with E-state index in [9.17, 15) is 16.8 Å². The molecule has 1 unspecified atom stereocenters. The summed E-state index contributed by atoms with van der Waals surface area (Å²) in [6.07, 6.45) is 3.86. The van der Waals surface area contributed by atoms with Crippen molar-refractivity contribution < 1.29 is 16.8 Å². The molecule has 1 fully saturated rings. The molecule has 0 radical (unpaired) electrons. The minimum atomic E-state index is -3.50. The maximum absolute atomic E-state index is 11.7. The van der Waals surface area contributed by atoms with Gasteiger partial charge < -0.3 is 5.32 Å². The van der Waals surface area contributed by atoms with Gasteiger partial charge in [-0.1, -0.05) is 6.42 Å². The fourth-order valence-corrected chi connectivity index (χ4v) is 4.61. The summed E-state index contributed by atoms with van der Waals surface area (Å²) < 4.78 is 47.7. The Morgan fingerprint density at radius 3 is 2.53 bits per heavy atom. The Balaban J connectivity index is 2.47. The highest BCUT2D eigenvalue weighted by Gasteiger charge is 2.20. The van der Waals surface area contributed by atoms with Crippen molar-refractivity contribution in [1.82, 2.24) is 10.0 Å². The minimum absolute atomic E-state index is 0.123. The van der Waals surface area contributed by atoms with E-state index in [1.807, 2.05) is 0 Å². The first-order valence-corrected chi connectivity index (χ1v) is 9.38. The first-order valence-electron chi connectivity index (χ1n) is 5.67. The maximum atomic E-state index is 11.7. The Morgan fingerprint density at radius 2 is 1.88 bits per heavy atom. The molecule has 1 rings (SSSR count). The molecular weight excluding hydrogens is 264 g/mol. The third-order valence-electron chi connectivity index (χ3n) is 2.62. The predicted molar refractivity (Wildman–Crippen MR) is 67.1 cm³/mol. The van der Waals surface area contributed by atoms with E-state index in [-0.39, 0.29) is 17.5 Å². The molecule has 0 aromatic heterocycles. The van der Waals surface area contributed by atoms with Crippen molar-refractivity contribution in [3.63, 3.8) is 0 Å². The van der Waals surface area contributed by atoms with Crippen molar-refractivity contribution in [3.05, 3.63) is 0 Å². The summed E-state index contributed by atoms with van der Waals surface area (Å²) in [5.74, 6) is -0.690. The first-order chi connectivity index (χ1) is 7.79. The Kier molecular flexibility index (Phi) is 5.36. The van der Waals surface area contributed by atoms with Crippen LogP contribution in [-0.4, -0.2) is 53.7 Å². The molecule has 8 heteroatoms. The molecule has 17 heavy (non-hydrogen) atoms. The first kappa shape index (κ1) is 14.9. The SMILES string of the molecule is CS(=O)(=O)CCS(=O)(=O)NC1CCCCNC1. The maximum Gasteiger partial charge on any atom is 0.212 e. The lowest BCUT2D eigenvalue weighted by Crippen LogP contribution is -2.42. The highest BCUT2D eigenvalue weighted by atomic mass is 32.2. The van der Waals surface area contributed by atoms with Crippen LogP contribution in [0.4, 0.5) is 0 Å². The second-order valence-corrected chi connectivity index (χ2v) is 8.60. The van der Waals surface area contributed by atoms with Crippen LogP contribution in [0.5, 0.6) is 0 Å². The zero-order valence-electron chi connectivity index (χ0n) is 9.98. The van der Waals surface area contributed by atoms with E-state index in [2.05, 4.69) is 10.0 Å². The Bertz CT molecular complexity index is 422. The fraction of sp³-hybridized carbons (Fsp3) is 1.00. The van der Waals surface area contributed by atoms with Gasteiger partial charge in [0.2, 0.25) is 10.0 Å². The van der Waals surface area contributed by atoms with Crippen molar-refractivity contribution in [2.75, 3.05) is 30.9 Å². The van der Waals surface area contributed by atoms with Gasteiger partial charge in [-0.15, -0.1) is 0 Å². The number of hydrogen-bond donors (Lipinski definition) is 2. The van der Waals surface area contributed by atoms with Gasteiger partial charge in [-0.05, 0) is 19.4 Å². The highest BCUT2D eigenvalue weighted by molar-refractivity contribution is 7.93. The molecule has 6 nitrogen and oxygen atoms in total. The molecule has 0 spiro atoms. The number of sulfone groups is 1. The largest absolute Gasteiger partial charge is 0.315 e. The quantitative estimate of drug-likeness (QED) is 0.682. The molecule has 1 aliphatic heterocycles. The van der Waals surface area contributed by atoms with E-state index in [0.717, 1.165) is 32.1 Å². The summed E-state index contributed by atoms with van der Waals surface area (Å²) in [5, 5.41) is 3.15. The average molecular weight is 284 g/mol. The summed E-state index contributed by atoms with van der Waals surface area (Å²) in [6.45, 7) is 1.51. The summed E-state index contributed by atoms with van der Waals surface area (Å²) in [4.78, 5) is 0. The van der Waals surface area contributed by atoms with Crippen LogP contribution >= 0.6 is 0 Å². The van der Waals surface area contributed by atoms with Crippen molar-refractivity contribution in [2.24, 2.45) is 0 Å². The number of rotatable bonds is 5. The number of nitrogens with one attached hydrogen (secondary N) is 2. The van der Waals surface area contributed by atoms with Crippen molar-refractivity contribution in [3.8, 4) is 0 Å². The molecule has 0 aromatic carbocycles. The summed E-state index contributed by atoms with van der Waals surface area (Å²) in [6, 6.07) is -0.123. The predicted octanol–water partition coefficient (Wildman–Crippen LogP) is -0.907. The second-order valence-electron chi connectivity index (χ2n) is 4.46. The third-order valence-corrected chi connectivity index (χ3v) is 5.25. The number of sulfonamides is 1. The van der Waals surface area contributed by atoms with E-state index in [1.54, 1.807) is 0 Å². The van der Waals surface area contributed by atoms with Crippen LogP contribution in [0, 0.1) is 0 Å². The molecule has 102 valence electrons. The Hall–Kier alpha value is -0.180. The van der Waals surface area contributed by atoms with Crippen LogP contribution in [-0.2, 0) is 19.9 Å². The normalized spacial score (nSPS) is 23.2. The van der Waals surface area contributed by atoms with Gasteiger partial charge in [0.05, 0.1) is 11.5 Å². The molecule has 0 bridgehead atoms. The third kappa shape index (κ3) is 6.97. The molecule has 0 aliphatic carbocycles. The van der Waals surface area contributed by atoms with Gasteiger partial charge in [0.15, 0.2) is 0 Å². The lowest BCUT2D eigenvalue weighted by Gasteiger charge is -2.16. The molecular formula is C9H20N2O4S2. The molecule has 1 atom stereocenters. The molecule has 0 aromatic rings. The van der Waals surface area contributed by atoms with Crippen LogP contribution < -0.4 is 10.0 Å². The summed E-state index contributed by atoms with van der Waals surface area (Å²) >= 11 is 0. The Morgan fingerprint density at radius 1 is 1.18 bits per heavy atom. The van der Waals surface area contributed by atoms with Crippen LogP contribution in [0.25, 0.3) is 0 Å². The lowest BCUT2D eigenvalue weighted by molar-refractivity contribution is 0.521. The van der Waals surface area contributed by atoms with Gasteiger partial charge >= 0.3 is 0 Å². The monoisotopic (exact) mass is 284 g/mol. The molecule has 0 amide bonds. The molecule has 2 N–H and O–H groups in total. The Labute approximate surface area is 103 Å². The molecule has 1 aliphatic rings. The molecule has 0 saturated carbocycles. The van der Waals surface area contributed by atoms with Gasteiger partial charge in [0.1, 0.15) is 9.84 Å². The van der Waals surface area contributed by atoms with Crippen molar-refractivity contribution in [1.29, 1.82) is 0 Å². The van der Waals surface area contributed by atoms with E-state index in [4.69, 9.17) is 0 Å². The van der Waals surface area contributed by atoms with E-state index >= 15 is 0 Å². The van der Waals surface area contributed by atoms with Crippen LogP contribution in [0.15, 0.2) is 0 Å². The standard InChI is InChI=1S/C9H20N2O4S2/c1-16(12,13)6-7-17(14,15)11-9-4-2-3-5-10-8-9/h9-11H,2-8H2,1H3. The van der Waals surface area contributed by atoms with Gasteiger partial charge in [-0.3, -0.25) is 0 Å². The van der Waals surface area contributed by atoms with Gasteiger partial charge in [0, 0.05) is 18.8 Å². The second kappa shape index (κ2) is 6.12. The molecule has 1 heterocycles. The van der Waals surface area contributed by atoms with Crippen molar-refractivity contribution >= 4 is 19.9 Å². The highest BCUT2D eigenvalue weighted by Crippen LogP contribution is 2.05. The van der Waals surface area contributed by atoms with E-state index in [0.29, 0.717) is 6.54 Å². The van der Waals surface area contributed by atoms with Gasteiger partial charge in [-0.2, -0.15) is 0 Å². The fourth-order valence-electron chi connectivity index (χ4n) is 1.69. The topological polar surface area (TPSA) is 92.3 Å². The summed E-state index contributed by atoms with van der Waals surface area (Å²) in [5.41, 5.74) is 0. The number of hydrogen-bond acceptors (Lipinski definition) is 5. The zero-order valence-corrected chi connectivity index (χ0v) is 11.6. The summed E-state index contributed by atoms with van der Waals surface area (Å²) in [7, 11) is -6.74. The van der Waals surface area contributed by atoms with E-state index < -0.39 is 19.9 Å². The average Bonchev–Trinajstić information content (AvgIpc) is 2.42. The minimum Gasteiger partial charge on any atom is -0.315 e. The van der Waals surface area contributed by atoms with Crippen molar-refractivity contribution in [2.45, 2.75) is 25.3 Å². The van der Waals surface area contributed by atoms with Crippen LogP contribution in [0.2, 0.25) is 0 Å². The van der Waals surface area contributed by atoms with Crippen LogP contribution in [0.1, 0.15) is 19.3 Å².